The number of rotatable bonds is 7. The Bertz CT molecular complexity index is 940. The Kier molecular flexibility index (Phi) is 6.18. The highest BCUT2D eigenvalue weighted by atomic mass is 16.4. The molecule has 0 radical (unpaired) electrons. The third-order valence-corrected chi connectivity index (χ3v) is 5.14. The van der Waals surface area contributed by atoms with Crippen LogP contribution in [-0.4, -0.2) is 21.0 Å². The monoisotopic (exact) mass is 392 g/mol. The topological polar surface area (TPSA) is 66.6 Å². The van der Waals surface area contributed by atoms with Gasteiger partial charge in [-0.2, -0.15) is 0 Å². The van der Waals surface area contributed by atoms with Crippen molar-refractivity contribution in [2.45, 2.75) is 52.2 Å². The Balaban J connectivity index is 1.84. The quantitative estimate of drug-likeness (QED) is 0.580. The minimum Gasteiger partial charge on any atom is -0.476 e. The molecule has 0 aliphatic rings. The van der Waals surface area contributed by atoms with Crippen molar-refractivity contribution in [1.29, 1.82) is 0 Å². The smallest absolute Gasteiger partial charge is 0.357 e. The minimum absolute atomic E-state index is 0.0677. The summed E-state index contributed by atoms with van der Waals surface area (Å²) in [5.41, 5.74) is 3.71. The van der Waals surface area contributed by atoms with Gasteiger partial charge in [0.05, 0.1) is 6.54 Å². The molecular formula is C24H28N2O3. The molecular weight excluding hydrogens is 364 g/mol. The van der Waals surface area contributed by atoms with Gasteiger partial charge in [0.15, 0.2) is 5.69 Å². The third-order valence-electron chi connectivity index (χ3n) is 5.14. The first kappa shape index (κ1) is 20.8. The van der Waals surface area contributed by atoms with E-state index in [0.29, 0.717) is 19.0 Å². The van der Waals surface area contributed by atoms with Crippen LogP contribution in [0.1, 0.15) is 66.8 Å². The van der Waals surface area contributed by atoms with Crippen LogP contribution in [-0.2, 0) is 18.5 Å². The minimum atomic E-state index is -1.08. The maximum Gasteiger partial charge on any atom is 0.357 e. The first-order valence-electron chi connectivity index (χ1n) is 9.80. The van der Waals surface area contributed by atoms with Crippen LogP contribution in [0.15, 0.2) is 65.3 Å². The van der Waals surface area contributed by atoms with Crippen LogP contribution in [0.5, 0.6) is 0 Å². The van der Waals surface area contributed by atoms with Crippen molar-refractivity contribution in [3.8, 4) is 0 Å². The van der Waals surface area contributed by atoms with Crippen molar-refractivity contribution in [3.63, 3.8) is 0 Å². The van der Waals surface area contributed by atoms with Crippen molar-refractivity contribution in [3.05, 3.63) is 89.1 Å². The van der Waals surface area contributed by atoms with Gasteiger partial charge in [-0.1, -0.05) is 75.4 Å². The van der Waals surface area contributed by atoms with Gasteiger partial charge in [0.1, 0.15) is 6.26 Å². The highest BCUT2D eigenvalue weighted by Gasteiger charge is 2.21. The molecule has 29 heavy (non-hydrogen) atoms. The maximum atomic E-state index is 11.1. The van der Waals surface area contributed by atoms with Gasteiger partial charge >= 0.3 is 5.97 Å². The lowest BCUT2D eigenvalue weighted by Crippen LogP contribution is -2.26. The third kappa shape index (κ3) is 5.33. The molecule has 0 spiro atoms. The molecule has 2 aromatic carbocycles. The SMILES string of the molecule is CC(c1ccccc1)N(Cc1ccc(C(C)(C)C)cc1)Cc1nc(C(=O)O)co1. The van der Waals surface area contributed by atoms with Crippen molar-refractivity contribution in [2.75, 3.05) is 0 Å². The number of aromatic carboxylic acids is 1. The lowest BCUT2D eigenvalue weighted by molar-refractivity contribution is 0.0690. The van der Waals surface area contributed by atoms with Gasteiger partial charge < -0.3 is 9.52 Å². The van der Waals surface area contributed by atoms with Crippen molar-refractivity contribution in [2.24, 2.45) is 0 Å². The average Bonchev–Trinajstić information content (AvgIpc) is 3.16. The summed E-state index contributed by atoms with van der Waals surface area (Å²) in [5.74, 6) is -0.683. The standard InChI is InChI=1S/C24H28N2O3/c1-17(19-8-6-5-7-9-19)26(15-22-25-21(16-29-22)23(27)28)14-18-10-12-20(13-11-18)24(2,3)4/h5-13,16-17H,14-15H2,1-4H3,(H,27,28). The number of hydrogen-bond acceptors (Lipinski definition) is 4. The number of benzene rings is 2. The molecule has 5 heteroatoms. The van der Waals surface area contributed by atoms with Crippen molar-refractivity contribution in [1.82, 2.24) is 9.88 Å². The summed E-state index contributed by atoms with van der Waals surface area (Å²) >= 11 is 0. The van der Waals surface area contributed by atoms with Crippen LogP contribution in [0.3, 0.4) is 0 Å². The van der Waals surface area contributed by atoms with Gasteiger partial charge in [-0.05, 0) is 29.0 Å². The van der Waals surface area contributed by atoms with Crippen molar-refractivity contribution >= 4 is 5.97 Å². The molecule has 3 rings (SSSR count). The summed E-state index contributed by atoms with van der Waals surface area (Å²) in [4.78, 5) is 17.5. The number of carbonyl (C=O) groups is 1. The Morgan fingerprint density at radius 1 is 1.07 bits per heavy atom. The van der Waals surface area contributed by atoms with E-state index < -0.39 is 5.97 Å². The number of carboxylic acid groups (broad SMARTS) is 1. The van der Waals surface area contributed by atoms with E-state index in [4.69, 9.17) is 9.52 Å². The lowest BCUT2D eigenvalue weighted by atomic mass is 9.86. The van der Waals surface area contributed by atoms with Crippen LogP contribution >= 0.6 is 0 Å². The number of aromatic nitrogens is 1. The van der Waals surface area contributed by atoms with Gasteiger partial charge in [0.25, 0.3) is 0 Å². The fourth-order valence-corrected chi connectivity index (χ4v) is 3.27. The van der Waals surface area contributed by atoms with Gasteiger partial charge in [-0.15, -0.1) is 0 Å². The Hall–Kier alpha value is -2.92. The first-order valence-corrected chi connectivity index (χ1v) is 9.80. The summed E-state index contributed by atoms with van der Waals surface area (Å²) in [5, 5.41) is 9.11. The summed E-state index contributed by atoms with van der Waals surface area (Å²) in [6, 6.07) is 19.0. The summed E-state index contributed by atoms with van der Waals surface area (Å²) in [7, 11) is 0. The maximum absolute atomic E-state index is 11.1. The second-order valence-electron chi connectivity index (χ2n) is 8.37. The largest absolute Gasteiger partial charge is 0.476 e. The zero-order chi connectivity index (χ0) is 21.0. The average molecular weight is 392 g/mol. The van der Waals surface area contributed by atoms with Gasteiger partial charge in [-0.25, -0.2) is 9.78 Å². The molecule has 0 saturated heterocycles. The van der Waals surface area contributed by atoms with E-state index >= 15 is 0 Å². The summed E-state index contributed by atoms with van der Waals surface area (Å²) in [6.07, 6.45) is 1.20. The molecule has 1 heterocycles. The first-order chi connectivity index (χ1) is 13.7. The molecule has 1 unspecified atom stereocenters. The molecule has 0 aliphatic carbocycles. The molecule has 5 nitrogen and oxygen atoms in total. The molecule has 1 atom stereocenters. The van der Waals surface area contributed by atoms with E-state index in [-0.39, 0.29) is 17.2 Å². The van der Waals surface area contributed by atoms with Crippen LogP contribution in [0.4, 0.5) is 0 Å². The molecule has 0 saturated carbocycles. The normalized spacial score (nSPS) is 12.9. The van der Waals surface area contributed by atoms with Crippen LogP contribution in [0.2, 0.25) is 0 Å². The predicted octanol–water partition coefficient (Wildman–Crippen LogP) is 5.43. The van der Waals surface area contributed by atoms with Gasteiger partial charge in [0, 0.05) is 12.6 Å². The highest BCUT2D eigenvalue weighted by Crippen LogP contribution is 2.26. The Morgan fingerprint density at radius 2 is 1.72 bits per heavy atom. The number of hydrogen-bond donors (Lipinski definition) is 1. The lowest BCUT2D eigenvalue weighted by Gasteiger charge is -2.29. The molecule has 3 aromatic rings. The van der Waals surface area contributed by atoms with E-state index in [2.05, 4.69) is 74.0 Å². The van der Waals surface area contributed by atoms with E-state index in [1.807, 2.05) is 18.2 Å². The molecule has 152 valence electrons. The number of nitrogens with zero attached hydrogens (tertiary/aromatic N) is 2. The fraction of sp³-hybridized carbons (Fsp3) is 0.333. The highest BCUT2D eigenvalue weighted by molar-refractivity contribution is 5.84. The second-order valence-corrected chi connectivity index (χ2v) is 8.37. The van der Waals surface area contributed by atoms with Crippen LogP contribution in [0, 0.1) is 0 Å². The molecule has 1 aromatic heterocycles. The molecule has 0 amide bonds. The second kappa shape index (κ2) is 8.62. The Morgan fingerprint density at radius 3 is 2.28 bits per heavy atom. The molecule has 1 N–H and O–H groups in total. The van der Waals surface area contributed by atoms with Gasteiger partial charge in [0.2, 0.25) is 5.89 Å². The van der Waals surface area contributed by atoms with Gasteiger partial charge in [-0.3, -0.25) is 4.90 Å². The van der Waals surface area contributed by atoms with Crippen LogP contribution in [0.25, 0.3) is 0 Å². The predicted molar refractivity (Wildman–Crippen MR) is 113 cm³/mol. The fourth-order valence-electron chi connectivity index (χ4n) is 3.27. The number of carboxylic acids is 1. The van der Waals surface area contributed by atoms with Crippen molar-refractivity contribution < 1.29 is 14.3 Å². The zero-order valence-electron chi connectivity index (χ0n) is 17.4. The van der Waals surface area contributed by atoms with E-state index in [1.54, 1.807) is 0 Å². The van der Waals surface area contributed by atoms with E-state index in [1.165, 1.54) is 23.0 Å². The summed E-state index contributed by atoms with van der Waals surface area (Å²) in [6.45, 7) is 9.87. The number of oxazole rings is 1. The molecule has 0 bridgehead atoms. The van der Waals surface area contributed by atoms with Crippen LogP contribution < -0.4 is 0 Å². The summed E-state index contributed by atoms with van der Waals surface area (Å²) < 4.78 is 5.41. The molecule has 0 fully saturated rings. The Labute approximate surface area is 172 Å². The zero-order valence-corrected chi connectivity index (χ0v) is 17.4. The molecule has 0 aliphatic heterocycles. The van der Waals surface area contributed by atoms with E-state index in [9.17, 15) is 4.79 Å². The van der Waals surface area contributed by atoms with E-state index in [0.717, 1.165) is 0 Å².